The molecule has 0 aromatic heterocycles. The van der Waals surface area contributed by atoms with Gasteiger partial charge in [0, 0.05) is 10.6 Å². The Morgan fingerprint density at radius 1 is 1.12 bits per heavy atom. The molecule has 0 aliphatic carbocycles. The zero-order chi connectivity index (χ0) is 12.3. The minimum atomic E-state index is 0.750. The average Bonchev–Trinajstić information content (AvgIpc) is 2.33. The van der Waals surface area contributed by atoms with E-state index in [-0.39, 0.29) is 0 Å². The SMILES string of the molecule is CSc1ccccc1Oc1ccc(N)cc1I. The number of rotatable bonds is 3. The molecular formula is C13H12INOS. The van der Waals surface area contributed by atoms with Crippen LogP contribution in [-0.4, -0.2) is 6.26 Å². The second-order valence-corrected chi connectivity index (χ2v) is 5.45. The molecule has 0 unspecified atom stereocenters. The maximum Gasteiger partial charge on any atom is 0.141 e. The van der Waals surface area contributed by atoms with Crippen LogP contribution in [0.3, 0.4) is 0 Å². The molecule has 0 radical (unpaired) electrons. The summed E-state index contributed by atoms with van der Waals surface area (Å²) in [7, 11) is 0. The number of halogens is 1. The summed E-state index contributed by atoms with van der Waals surface area (Å²) in [6.45, 7) is 0. The third-order valence-electron chi connectivity index (χ3n) is 2.24. The third-order valence-corrected chi connectivity index (χ3v) is 3.87. The van der Waals surface area contributed by atoms with E-state index in [1.54, 1.807) is 11.8 Å². The molecule has 0 amide bonds. The number of hydrogen-bond acceptors (Lipinski definition) is 3. The van der Waals surface area contributed by atoms with Crippen molar-refractivity contribution in [1.29, 1.82) is 0 Å². The van der Waals surface area contributed by atoms with Crippen LogP contribution in [-0.2, 0) is 0 Å². The Balaban J connectivity index is 2.31. The van der Waals surface area contributed by atoms with Crippen molar-refractivity contribution in [2.75, 3.05) is 12.0 Å². The highest BCUT2D eigenvalue weighted by molar-refractivity contribution is 14.1. The van der Waals surface area contributed by atoms with Gasteiger partial charge in [-0.15, -0.1) is 11.8 Å². The van der Waals surface area contributed by atoms with Gasteiger partial charge in [0.2, 0.25) is 0 Å². The van der Waals surface area contributed by atoms with Gasteiger partial charge in [0.15, 0.2) is 0 Å². The van der Waals surface area contributed by atoms with Crippen molar-refractivity contribution in [3.63, 3.8) is 0 Å². The van der Waals surface area contributed by atoms with Crippen molar-refractivity contribution in [3.8, 4) is 11.5 Å². The van der Waals surface area contributed by atoms with Crippen LogP contribution in [0.5, 0.6) is 11.5 Å². The Morgan fingerprint density at radius 3 is 2.59 bits per heavy atom. The molecular weight excluding hydrogens is 345 g/mol. The van der Waals surface area contributed by atoms with Crippen LogP contribution in [0.2, 0.25) is 0 Å². The Bertz CT molecular complexity index is 531. The predicted molar refractivity (Wildman–Crippen MR) is 81.9 cm³/mol. The Kier molecular flexibility index (Phi) is 4.17. The smallest absolute Gasteiger partial charge is 0.141 e. The summed E-state index contributed by atoms with van der Waals surface area (Å²) in [5, 5.41) is 0. The number of benzene rings is 2. The van der Waals surface area contributed by atoms with Crippen molar-refractivity contribution in [3.05, 3.63) is 46.0 Å². The molecule has 0 fully saturated rings. The summed E-state index contributed by atoms with van der Waals surface area (Å²) < 4.78 is 6.91. The molecule has 17 heavy (non-hydrogen) atoms. The highest BCUT2D eigenvalue weighted by atomic mass is 127. The van der Waals surface area contributed by atoms with Crippen LogP contribution in [0, 0.1) is 3.57 Å². The highest BCUT2D eigenvalue weighted by Gasteiger charge is 2.06. The first-order chi connectivity index (χ1) is 8.20. The van der Waals surface area contributed by atoms with Gasteiger partial charge in [-0.3, -0.25) is 0 Å². The van der Waals surface area contributed by atoms with Gasteiger partial charge < -0.3 is 10.5 Å². The van der Waals surface area contributed by atoms with E-state index in [2.05, 4.69) is 22.6 Å². The predicted octanol–water partition coefficient (Wildman–Crippen LogP) is 4.39. The van der Waals surface area contributed by atoms with Crippen LogP contribution >= 0.6 is 34.4 Å². The maximum atomic E-state index is 5.90. The molecule has 0 bridgehead atoms. The largest absolute Gasteiger partial charge is 0.455 e. The molecule has 0 heterocycles. The Labute approximate surface area is 119 Å². The van der Waals surface area contributed by atoms with Crippen molar-refractivity contribution in [2.45, 2.75) is 4.90 Å². The van der Waals surface area contributed by atoms with Gasteiger partial charge in [0.1, 0.15) is 11.5 Å². The van der Waals surface area contributed by atoms with Gasteiger partial charge in [0.25, 0.3) is 0 Å². The van der Waals surface area contributed by atoms with E-state index in [1.165, 1.54) is 0 Å². The molecule has 4 heteroatoms. The molecule has 0 saturated heterocycles. The monoisotopic (exact) mass is 357 g/mol. The molecule has 0 aliphatic heterocycles. The number of anilines is 1. The van der Waals surface area contributed by atoms with Crippen LogP contribution in [0.1, 0.15) is 0 Å². The van der Waals surface area contributed by atoms with E-state index in [0.29, 0.717) is 0 Å². The molecule has 0 aliphatic rings. The van der Waals surface area contributed by atoms with Gasteiger partial charge >= 0.3 is 0 Å². The first-order valence-corrected chi connectivity index (χ1v) is 7.37. The lowest BCUT2D eigenvalue weighted by Gasteiger charge is -2.11. The Morgan fingerprint density at radius 2 is 1.88 bits per heavy atom. The minimum Gasteiger partial charge on any atom is -0.455 e. The molecule has 2 aromatic rings. The fraction of sp³-hybridized carbons (Fsp3) is 0.0769. The molecule has 2 N–H and O–H groups in total. The number of ether oxygens (including phenoxy) is 1. The molecule has 2 nitrogen and oxygen atoms in total. The summed E-state index contributed by atoms with van der Waals surface area (Å²) in [6.07, 6.45) is 2.04. The second-order valence-electron chi connectivity index (χ2n) is 3.44. The molecule has 2 aromatic carbocycles. The number of hydrogen-bond donors (Lipinski definition) is 1. The third kappa shape index (κ3) is 3.07. The lowest BCUT2D eigenvalue weighted by atomic mass is 10.3. The Hall–Kier alpha value is -0.880. The summed E-state index contributed by atoms with van der Waals surface area (Å²) in [5.74, 6) is 1.71. The lowest BCUT2D eigenvalue weighted by Crippen LogP contribution is -1.91. The molecule has 0 atom stereocenters. The standard InChI is InChI=1S/C13H12INOS/c1-17-13-5-3-2-4-12(13)16-11-7-6-9(15)8-10(11)14/h2-8H,15H2,1H3. The lowest BCUT2D eigenvalue weighted by molar-refractivity contribution is 0.468. The molecule has 88 valence electrons. The van der Waals surface area contributed by atoms with Crippen LogP contribution in [0.25, 0.3) is 0 Å². The van der Waals surface area contributed by atoms with E-state index in [1.807, 2.05) is 48.7 Å². The summed E-state index contributed by atoms with van der Waals surface area (Å²) in [6, 6.07) is 13.6. The van der Waals surface area contributed by atoms with Crippen molar-refractivity contribution in [2.24, 2.45) is 0 Å². The average molecular weight is 357 g/mol. The fourth-order valence-corrected chi connectivity index (χ4v) is 2.60. The molecule has 0 spiro atoms. The van der Waals surface area contributed by atoms with Crippen LogP contribution in [0.4, 0.5) is 5.69 Å². The summed E-state index contributed by atoms with van der Waals surface area (Å²) in [4.78, 5) is 1.13. The zero-order valence-corrected chi connectivity index (χ0v) is 12.3. The maximum absolute atomic E-state index is 5.90. The topological polar surface area (TPSA) is 35.2 Å². The van der Waals surface area contributed by atoms with E-state index in [4.69, 9.17) is 10.5 Å². The summed E-state index contributed by atoms with van der Waals surface area (Å²) in [5.41, 5.74) is 6.46. The van der Waals surface area contributed by atoms with E-state index >= 15 is 0 Å². The fourth-order valence-electron chi connectivity index (χ4n) is 1.42. The van der Waals surface area contributed by atoms with E-state index in [9.17, 15) is 0 Å². The van der Waals surface area contributed by atoms with Crippen LogP contribution < -0.4 is 10.5 Å². The van der Waals surface area contributed by atoms with E-state index in [0.717, 1.165) is 25.7 Å². The second kappa shape index (κ2) is 5.64. The normalized spacial score (nSPS) is 10.2. The van der Waals surface area contributed by atoms with Crippen molar-refractivity contribution >= 4 is 40.0 Å². The minimum absolute atomic E-state index is 0.750. The number of nitrogen functional groups attached to an aromatic ring is 1. The summed E-state index contributed by atoms with van der Waals surface area (Å²) >= 11 is 3.90. The van der Waals surface area contributed by atoms with Crippen LogP contribution in [0.15, 0.2) is 47.4 Å². The zero-order valence-electron chi connectivity index (χ0n) is 9.31. The first-order valence-electron chi connectivity index (χ1n) is 5.06. The van der Waals surface area contributed by atoms with Gasteiger partial charge in [0.05, 0.1) is 3.57 Å². The van der Waals surface area contributed by atoms with Crippen molar-refractivity contribution < 1.29 is 4.74 Å². The molecule has 2 rings (SSSR count). The van der Waals surface area contributed by atoms with Gasteiger partial charge in [-0.25, -0.2) is 0 Å². The van der Waals surface area contributed by atoms with E-state index < -0.39 is 0 Å². The van der Waals surface area contributed by atoms with Crippen molar-refractivity contribution in [1.82, 2.24) is 0 Å². The van der Waals surface area contributed by atoms with Gasteiger partial charge in [-0.2, -0.15) is 0 Å². The first kappa shape index (κ1) is 12.6. The number of nitrogens with two attached hydrogens (primary N) is 1. The quantitative estimate of drug-likeness (QED) is 0.503. The van der Waals surface area contributed by atoms with Gasteiger partial charge in [-0.1, -0.05) is 12.1 Å². The number of thioether (sulfide) groups is 1. The highest BCUT2D eigenvalue weighted by Crippen LogP contribution is 2.33. The number of para-hydroxylation sites is 1. The van der Waals surface area contributed by atoms with Gasteiger partial charge in [-0.05, 0) is 59.2 Å². The molecule has 0 saturated carbocycles.